The Morgan fingerprint density at radius 3 is 2.44 bits per heavy atom. The van der Waals surface area contributed by atoms with Crippen LogP contribution in [0.4, 0.5) is 13.2 Å². The van der Waals surface area contributed by atoms with Gasteiger partial charge >= 0.3 is 12.1 Å². The number of nitrogens with zero attached hydrogens (tertiary/aromatic N) is 4. The van der Waals surface area contributed by atoms with Crippen molar-refractivity contribution in [3.63, 3.8) is 0 Å². The number of rotatable bonds is 2. The lowest BCUT2D eigenvalue weighted by molar-refractivity contribution is -0.186. The Morgan fingerprint density at radius 2 is 1.84 bits per heavy atom. The number of amides is 1. The van der Waals surface area contributed by atoms with Crippen LogP contribution in [0.1, 0.15) is 30.3 Å². The lowest BCUT2D eigenvalue weighted by Gasteiger charge is -2.32. The molecule has 0 bridgehead atoms. The van der Waals surface area contributed by atoms with Gasteiger partial charge in [-0.25, -0.2) is 9.97 Å². The van der Waals surface area contributed by atoms with E-state index in [1.54, 1.807) is 25.5 Å². The van der Waals surface area contributed by atoms with E-state index in [4.69, 9.17) is 0 Å². The zero-order valence-electron chi connectivity index (χ0n) is 13.6. The van der Waals surface area contributed by atoms with Gasteiger partial charge in [-0.1, -0.05) is 0 Å². The number of carbonyl (C=O) groups excluding carboxylic acids is 1. The first-order valence-corrected chi connectivity index (χ1v) is 7.96. The summed E-state index contributed by atoms with van der Waals surface area (Å²) in [6.07, 6.45) is 1.14. The third-order valence-electron chi connectivity index (χ3n) is 4.34. The summed E-state index contributed by atoms with van der Waals surface area (Å²) < 4.78 is 37.7. The fourth-order valence-corrected chi connectivity index (χ4v) is 3.09. The van der Waals surface area contributed by atoms with E-state index in [2.05, 4.69) is 15.0 Å². The van der Waals surface area contributed by atoms with Crippen molar-refractivity contribution in [2.24, 2.45) is 0 Å². The molecule has 1 aliphatic rings. The van der Waals surface area contributed by atoms with Gasteiger partial charge in [0, 0.05) is 43.2 Å². The van der Waals surface area contributed by atoms with Crippen LogP contribution in [0.5, 0.6) is 0 Å². The first-order valence-electron chi connectivity index (χ1n) is 7.96. The minimum absolute atomic E-state index is 0.0119. The molecule has 1 fully saturated rings. The molecule has 25 heavy (non-hydrogen) atoms. The Hall–Kier alpha value is -2.51. The first kappa shape index (κ1) is 17.3. The molecule has 5 nitrogen and oxygen atoms in total. The van der Waals surface area contributed by atoms with Gasteiger partial charge in [-0.3, -0.25) is 9.78 Å². The number of aryl methyl sites for hydroxylation is 1. The minimum Gasteiger partial charge on any atom is -0.335 e. The molecule has 1 aliphatic heterocycles. The van der Waals surface area contributed by atoms with E-state index in [0.29, 0.717) is 18.7 Å². The van der Waals surface area contributed by atoms with Crippen LogP contribution < -0.4 is 0 Å². The molecule has 2 aromatic rings. The Balaban J connectivity index is 1.82. The highest BCUT2D eigenvalue weighted by Gasteiger charge is 2.43. The highest BCUT2D eigenvalue weighted by atomic mass is 19.4. The maximum absolute atomic E-state index is 12.6. The van der Waals surface area contributed by atoms with Crippen molar-refractivity contribution in [1.29, 1.82) is 0 Å². The molecule has 0 radical (unpaired) electrons. The van der Waals surface area contributed by atoms with Crippen LogP contribution in [-0.4, -0.2) is 45.0 Å². The van der Waals surface area contributed by atoms with Crippen LogP contribution in [0.25, 0.3) is 11.1 Å². The molecular formula is C17H17F3N4O. The standard InChI is InChI=1S/C17H17F3N4O/c1-11-22-10-14(12-2-6-21-7-3-12)15(23-11)13-4-8-24(9-5-13)16(25)17(18,19)20/h2-3,6-7,10,13H,4-5,8-9H2,1H3. The second-order valence-electron chi connectivity index (χ2n) is 6.02. The average Bonchev–Trinajstić information content (AvgIpc) is 2.61. The van der Waals surface area contributed by atoms with Crippen LogP contribution in [-0.2, 0) is 4.79 Å². The number of pyridine rings is 1. The van der Waals surface area contributed by atoms with Crippen molar-refractivity contribution in [1.82, 2.24) is 19.9 Å². The van der Waals surface area contributed by atoms with Gasteiger partial charge in [-0.05, 0) is 37.5 Å². The SMILES string of the molecule is Cc1ncc(-c2ccncc2)c(C2CCN(C(=O)C(F)(F)F)CC2)n1. The highest BCUT2D eigenvalue weighted by Crippen LogP contribution is 2.34. The molecule has 0 saturated carbocycles. The summed E-state index contributed by atoms with van der Waals surface area (Å²) in [4.78, 5) is 25.0. The first-order chi connectivity index (χ1) is 11.9. The van der Waals surface area contributed by atoms with Gasteiger partial charge in [-0.2, -0.15) is 13.2 Å². The monoisotopic (exact) mass is 350 g/mol. The van der Waals surface area contributed by atoms with Crippen LogP contribution in [0.3, 0.4) is 0 Å². The molecule has 3 rings (SSSR count). The number of halogens is 3. The Kier molecular flexibility index (Phi) is 4.69. The van der Waals surface area contributed by atoms with Crippen molar-refractivity contribution in [3.8, 4) is 11.1 Å². The summed E-state index contributed by atoms with van der Waals surface area (Å²) in [5.41, 5.74) is 2.59. The molecule has 1 amide bonds. The van der Waals surface area contributed by atoms with Crippen molar-refractivity contribution < 1.29 is 18.0 Å². The van der Waals surface area contributed by atoms with Crippen LogP contribution in [0, 0.1) is 6.92 Å². The number of hydrogen-bond donors (Lipinski definition) is 0. The topological polar surface area (TPSA) is 59.0 Å². The van der Waals surface area contributed by atoms with E-state index < -0.39 is 12.1 Å². The molecule has 0 aromatic carbocycles. The normalized spacial score (nSPS) is 16.1. The lowest BCUT2D eigenvalue weighted by atomic mass is 9.89. The highest BCUT2D eigenvalue weighted by molar-refractivity contribution is 5.82. The fourth-order valence-electron chi connectivity index (χ4n) is 3.09. The van der Waals surface area contributed by atoms with E-state index in [0.717, 1.165) is 21.7 Å². The number of likely N-dealkylation sites (tertiary alicyclic amines) is 1. The molecule has 3 heterocycles. The van der Waals surface area contributed by atoms with Crippen molar-refractivity contribution in [2.75, 3.05) is 13.1 Å². The fraction of sp³-hybridized carbons (Fsp3) is 0.412. The van der Waals surface area contributed by atoms with Gasteiger partial charge in [0.05, 0.1) is 5.69 Å². The van der Waals surface area contributed by atoms with Gasteiger partial charge in [-0.15, -0.1) is 0 Å². The molecule has 0 atom stereocenters. The van der Waals surface area contributed by atoms with Crippen molar-refractivity contribution in [2.45, 2.75) is 31.9 Å². The van der Waals surface area contributed by atoms with E-state index in [9.17, 15) is 18.0 Å². The molecule has 2 aromatic heterocycles. The molecule has 1 saturated heterocycles. The van der Waals surface area contributed by atoms with E-state index >= 15 is 0 Å². The predicted molar refractivity (Wildman–Crippen MR) is 84.6 cm³/mol. The summed E-state index contributed by atoms with van der Waals surface area (Å²) in [7, 11) is 0. The van der Waals surface area contributed by atoms with E-state index in [1.165, 1.54) is 0 Å². The minimum atomic E-state index is -4.82. The molecular weight excluding hydrogens is 333 g/mol. The van der Waals surface area contributed by atoms with Crippen molar-refractivity contribution in [3.05, 3.63) is 42.2 Å². The Bertz CT molecular complexity index is 756. The number of hydrogen-bond acceptors (Lipinski definition) is 4. The van der Waals surface area contributed by atoms with Crippen molar-refractivity contribution >= 4 is 5.91 Å². The second kappa shape index (κ2) is 6.78. The lowest BCUT2D eigenvalue weighted by Crippen LogP contribution is -2.45. The van der Waals surface area contributed by atoms with E-state index in [1.807, 2.05) is 12.1 Å². The smallest absolute Gasteiger partial charge is 0.335 e. The molecule has 0 unspecified atom stereocenters. The summed E-state index contributed by atoms with van der Waals surface area (Å²) in [6.45, 7) is 1.92. The molecule has 8 heteroatoms. The molecule has 0 spiro atoms. The number of alkyl halides is 3. The van der Waals surface area contributed by atoms with Gasteiger partial charge in [0.2, 0.25) is 0 Å². The average molecular weight is 350 g/mol. The summed E-state index contributed by atoms with van der Waals surface area (Å²) >= 11 is 0. The molecule has 132 valence electrons. The van der Waals surface area contributed by atoms with Gasteiger partial charge in [0.15, 0.2) is 0 Å². The summed E-state index contributed by atoms with van der Waals surface area (Å²) in [6, 6.07) is 3.69. The largest absolute Gasteiger partial charge is 0.471 e. The van der Waals surface area contributed by atoms with Gasteiger partial charge < -0.3 is 4.90 Å². The zero-order valence-corrected chi connectivity index (χ0v) is 13.6. The third kappa shape index (κ3) is 3.78. The zero-order chi connectivity index (χ0) is 18.0. The van der Waals surface area contributed by atoms with Crippen LogP contribution in [0.15, 0.2) is 30.7 Å². The number of piperidine rings is 1. The Labute approximate surface area is 142 Å². The second-order valence-corrected chi connectivity index (χ2v) is 6.02. The van der Waals surface area contributed by atoms with Gasteiger partial charge in [0.1, 0.15) is 5.82 Å². The maximum Gasteiger partial charge on any atom is 0.471 e. The summed E-state index contributed by atoms with van der Waals surface area (Å²) in [5, 5.41) is 0. The van der Waals surface area contributed by atoms with Crippen LogP contribution in [0.2, 0.25) is 0 Å². The predicted octanol–water partition coefficient (Wildman–Crippen LogP) is 3.12. The molecule has 0 aliphatic carbocycles. The summed E-state index contributed by atoms with van der Waals surface area (Å²) in [5.74, 6) is -1.16. The van der Waals surface area contributed by atoms with Gasteiger partial charge in [0.25, 0.3) is 0 Å². The quantitative estimate of drug-likeness (QED) is 0.835. The maximum atomic E-state index is 12.6. The number of carbonyl (C=O) groups is 1. The number of aromatic nitrogens is 3. The Morgan fingerprint density at radius 1 is 1.20 bits per heavy atom. The van der Waals surface area contributed by atoms with E-state index in [-0.39, 0.29) is 19.0 Å². The third-order valence-corrected chi connectivity index (χ3v) is 4.34. The molecule has 0 N–H and O–H groups in total. The van der Waals surface area contributed by atoms with Crippen LogP contribution >= 0.6 is 0 Å².